The molecule has 19 heavy (non-hydrogen) atoms. The van der Waals surface area contributed by atoms with Crippen LogP contribution in [0.25, 0.3) is 0 Å². The number of hydrogen-bond donors (Lipinski definition) is 1. The lowest BCUT2D eigenvalue weighted by molar-refractivity contribution is -0.117. The Hall–Kier alpha value is -0.510. The molecule has 2 N–H and O–H groups in total. The smallest absolute Gasteiger partial charge is 0.228 e. The van der Waals surface area contributed by atoms with Gasteiger partial charge >= 0.3 is 0 Å². The zero-order valence-corrected chi connectivity index (χ0v) is 13.7. The Bertz CT molecular complexity index is 620. The van der Waals surface area contributed by atoms with Crippen molar-refractivity contribution in [3.8, 4) is 0 Å². The molecule has 1 aromatic rings. The van der Waals surface area contributed by atoms with Gasteiger partial charge in [0.1, 0.15) is 10.4 Å². The zero-order chi connectivity index (χ0) is 14.2. The molecule has 1 fully saturated rings. The minimum atomic E-state index is -3.57. The van der Waals surface area contributed by atoms with E-state index in [0.717, 1.165) is 4.47 Å². The first-order chi connectivity index (χ1) is 8.76. The molecule has 0 spiro atoms. The number of anilines is 1. The first-order valence-electron chi connectivity index (χ1n) is 5.39. The number of nitrogens with zero attached hydrogens (tertiary/aromatic N) is 2. The highest BCUT2D eigenvalue weighted by molar-refractivity contribution is 9.13. The number of hydrogen-bond acceptors (Lipinski definition) is 4. The molecule has 0 aromatic carbocycles. The maximum absolute atomic E-state index is 11.9. The summed E-state index contributed by atoms with van der Waals surface area (Å²) in [6.45, 7) is 0.316. The average Bonchev–Trinajstić information content (AvgIpc) is 2.61. The van der Waals surface area contributed by atoms with E-state index >= 15 is 0 Å². The SMILES string of the molecule is NS(=O)(=O)CC1CC(=O)N(c2ccc(Br)c(Br)n2)C1. The van der Waals surface area contributed by atoms with Crippen molar-refractivity contribution in [2.75, 3.05) is 17.2 Å². The molecule has 1 aliphatic heterocycles. The Morgan fingerprint density at radius 1 is 1.42 bits per heavy atom. The molecule has 2 rings (SSSR count). The summed E-state index contributed by atoms with van der Waals surface area (Å²) in [5.74, 6) is -0.119. The molecule has 0 saturated carbocycles. The summed E-state index contributed by atoms with van der Waals surface area (Å²) >= 11 is 6.56. The Balaban J connectivity index is 2.18. The lowest BCUT2D eigenvalue weighted by Gasteiger charge is -2.16. The van der Waals surface area contributed by atoms with E-state index in [9.17, 15) is 13.2 Å². The normalized spacial score (nSPS) is 20.1. The molecule has 1 saturated heterocycles. The Labute approximate surface area is 127 Å². The van der Waals surface area contributed by atoms with Gasteiger partial charge < -0.3 is 0 Å². The van der Waals surface area contributed by atoms with Gasteiger partial charge in [-0.2, -0.15) is 0 Å². The fraction of sp³-hybridized carbons (Fsp3) is 0.400. The molecule has 0 radical (unpaired) electrons. The van der Waals surface area contributed by atoms with Crippen LogP contribution in [0.15, 0.2) is 21.2 Å². The third kappa shape index (κ3) is 3.74. The van der Waals surface area contributed by atoms with Gasteiger partial charge in [0, 0.05) is 18.9 Å². The number of sulfonamides is 1. The van der Waals surface area contributed by atoms with Crippen molar-refractivity contribution in [1.29, 1.82) is 0 Å². The van der Waals surface area contributed by atoms with Crippen molar-refractivity contribution in [3.63, 3.8) is 0 Å². The predicted molar refractivity (Wildman–Crippen MR) is 78.1 cm³/mol. The van der Waals surface area contributed by atoms with Gasteiger partial charge in [0.2, 0.25) is 15.9 Å². The first kappa shape index (κ1) is 14.9. The molecule has 9 heteroatoms. The number of nitrogens with two attached hydrogens (primary N) is 1. The minimum absolute atomic E-state index is 0.143. The van der Waals surface area contributed by atoms with Crippen LogP contribution in [0.5, 0.6) is 0 Å². The number of carbonyl (C=O) groups excluding carboxylic acids is 1. The van der Waals surface area contributed by atoms with Crippen LogP contribution >= 0.6 is 31.9 Å². The van der Waals surface area contributed by atoms with Crippen LogP contribution in [0.4, 0.5) is 5.82 Å². The second kappa shape index (κ2) is 5.47. The van der Waals surface area contributed by atoms with Crippen LogP contribution in [0.1, 0.15) is 6.42 Å². The molecule has 104 valence electrons. The van der Waals surface area contributed by atoms with Gasteiger partial charge in [0.25, 0.3) is 0 Å². The number of rotatable bonds is 3. The third-order valence-corrected chi connectivity index (χ3v) is 5.45. The van der Waals surface area contributed by atoms with Gasteiger partial charge in [-0.25, -0.2) is 18.5 Å². The summed E-state index contributed by atoms with van der Waals surface area (Å²) in [6.07, 6.45) is 0.172. The lowest BCUT2D eigenvalue weighted by atomic mass is 10.1. The van der Waals surface area contributed by atoms with Gasteiger partial charge in [0.15, 0.2) is 0 Å². The van der Waals surface area contributed by atoms with E-state index in [1.54, 1.807) is 12.1 Å². The molecule has 1 unspecified atom stereocenters. The highest BCUT2D eigenvalue weighted by atomic mass is 79.9. The summed E-state index contributed by atoms with van der Waals surface area (Å²) in [5, 5.41) is 5.00. The maximum atomic E-state index is 11.9. The third-order valence-electron chi connectivity index (χ3n) is 2.74. The molecule has 6 nitrogen and oxygen atoms in total. The van der Waals surface area contributed by atoms with Gasteiger partial charge in [0.05, 0.1) is 10.2 Å². The number of aromatic nitrogens is 1. The molecule has 0 bridgehead atoms. The second-order valence-corrected chi connectivity index (χ2v) is 7.61. The largest absolute Gasteiger partial charge is 0.296 e. The van der Waals surface area contributed by atoms with Crippen molar-refractivity contribution in [3.05, 3.63) is 21.2 Å². The standard InChI is InChI=1S/C10H11Br2N3O3S/c11-7-1-2-8(14-10(7)12)15-4-6(3-9(15)16)5-19(13,17)18/h1-2,6H,3-5H2,(H2,13,17,18). The monoisotopic (exact) mass is 411 g/mol. The molecule has 1 aromatic heterocycles. The van der Waals surface area contributed by atoms with E-state index in [4.69, 9.17) is 5.14 Å². The van der Waals surface area contributed by atoms with Crippen molar-refractivity contribution in [1.82, 2.24) is 4.98 Å². The van der Waals surface area contributed by atoms with Gasteiger partial charge in [-0.15, -0.1) is 0 Å². The predicted octanol–water partition coefficient (Wildman–Crippen LogP) is 1.25. The second-order valence-electron chi connectivity index (χ2n) is 4.35. The van der Waals surface area contributed by atoms with Gasteiger partial charge in [-0.3, -0.25) is 9.69 Å². The molecule has 0 aliphatic carbocycles. The Morgan fingerprint density at radius 3 is 2.68 bits per heavy atom. The van der Waals surface area contributed by atoms with Crippen molar-refractivity contribution in [2.24, 2.45) is 11.1 Å². The summed E-state index contributed by atoms with van der Waals surface area (Å²) in [6, 6.07) is 3.47. The summed E-state index contributed by atoms with van der Waals surface area (Å²) < 4.78 is 23.5. The Kier molecular flexibility index (Phi) is 4.29. The Morgan fingerprint density at radius 2 is 2.11 bits per heavy atom. The van der Waals surface area contributed by atoms with E-state index < -0.39 is 10.0 Å². The van der Waals surface area contributed by atoms with Crippen molar-refractivity contribution >= 4 is 53.6 Å². The quantitative estimate of drug-likeness (QED) is 0.756. The van der Waals surface area contributed by atoms with E-state index in [1.165, 1.54) is 4.90 Å². The van der Waals surface area contributed by atoms with Crippen molar-refractivity contribution in [2.45, 2.75) is 6.42 Å². The van der Waals surface area contributed by atoms with Gasteiger partial charge in [-0.05, 0) is 44.0 Å². The molecule has 1 aliphatic rings. The topological polar surface area (TPSA) is 93.4 Å². The average molecular weight is 413 g/mol. The minimum Gasteiger partial charge on any atom is -0.296 e. The number of carbonyl (C=O) groups is 1. The highest BCUT2D eigenvalue weighted by Gasteiger charge is 2.33. The first-order valence-corrected chi connectivity index (χ1v) is 8.69. The fourth-order valence-electron chi connectivity index (χ4n) is 2.00. The molecule has 2 heterocycles. The van der Waals surface area contributed by atoms with E-state index in [0.29, 0.717) is 17.0 Å². The molecule has 1 amide bonds. The van der Waals surface area contributed by atoms with Gasteiger partial charge in [-0.1, -0.05) is 0 Å². The molecular formula is C10H11Br2N3O3S. The van der Waals surface area contributed by atoms with Crippen molar-refractivity contribution < 1.29 is 13.2 Å². The van der Waals surface area contributed by atoms with Crippen LogP contribution in [0, 0.1) is 5.92 Å². The number of halogens is 2. The maximum Gasteiger partial charge on any atom is 0.228 e. The lowest BCUT2D eigenvalue weighted by Crippen LogP contribution is -2.28. The summed E-state index contributed by atoms with van der Waals surface area (Å²) in [4.78, 5) is 17.6. The van der Waals surface area contributed by atoms with E-state index in [-0.39, 0.29) is 24.0 Å². The zero-order valence-electron chi connectivity index (χ0n) is 9.71. The fourth-order valence-corrected chi connectivity index (χ4v) is 3.42. The highest BCUT2D eigenvalue weighted by Crippen LogP contribution is 2.28. The molecular weight excluding hydrogens is 402 g/mol. The van der Waals surface area contributed by atoms with Crippen LogP contribution in [0.2, 0.25) is 0 Å². The molecule has 1 atom stereocenters. The van der Waals surface area contributed by atoms with Crippen LogP contribution in [0.3, 0.4) is 0 Å². The van der Waals surface area contributed by atoms with E-state index in [1.807, 2.05) is 0 Å². The van der Waals surface area contributed by atoms with Crippen LogP contribution in [-0.4, -0.2) is 31.6 Å². The number of pyridine rings is 1. The summed E-state index contributed by atoms with van der Waals surface area (Å²) in [7, 11) is -3.57. The summed E-state index contributed by atoms with van der Waals surface area (Å²) in [5.41, 5.74) is 0. The number of primary sulfonamides is 1. The van der Waals surface area contributed by atoms with Crippen LogP contribution in [-0.2, 0) is 14.8 Å². The van der Waals surface area contributed by atoms with Crippen LogP contribution < -0.4 is 10.0 Å². The number of amides is 1. The van der Waals surface area contributed by atoms with E-state index in [2.05, 4.69) is 36.8 Å².